The van der Waals surface area contributed by atoms with Gasteiger partial charge in [-0.1, -0.05) is 27.7 Å². The SMILES string of the molecule is CC1CCC(NC(C)C)(c2nc(C(C)(C)C)cs2)CC1. The molecule has 1 fully saturated rings. The highest BCUT2D eigenvalue weighted by Crippen LogP contribution is 2.42. The first-order chi connectivity index (χ1) is 9.23. The molecule has 1 aromatic heterocycles. The summed E-state index contributed by atoms with van der Waals surface area (Å²) in [7, 11) is 0. The summed E-state index contributed by atoms with van der Waals surface area (Å²) in [6.45, 7) is 13.6. The summed E-state index contributed by atoms with van der Waals surface area (Å²) < 4.78 is 0. The summed E-state index contributed by atoms with van der Waals surface area (Å²) in [5.41, 5.74) is 1.51. The van der Waals surface area contributed by atoms with E-state index in [0.29, 0.717) is 6.04 Å². The van der Waals surface area contributed by atoms with Crippen molar-refractivity contribution in [3.05, 3.63) is 16.1 Å². The van der Waals surface area contributed by atoms with Crippen LogP contribution in [-0.4, -0.2) is 11.0 Å². The maximum atomic E-state index is 5.01. The van der Waals surface area contributed by atoms with E-state index in [9.17, 15) is 0 Å². The number of nitrogens with zero attached hydrogens (tertiary/aromatic N) is 1. The van der Waals surface area contributed by atoms with Crippen LogP contribution in [0.1, 0.15) is 77.9 Å². The van der Waals surface area contributed by atoms with Gasteiger partial charge in [-0.3, -0.25) is 0 Å². The third-order valence-corrected chi connectivity index (χ3v) is 5.42. The first-order valence-corrected chi connectivity index (χ1v) is 8.85. The van der Waals surface area contributed by atoms with Gasteiger partial charge in [0.15, 0.2) is 0 Å². The highest BCUT2D eigenvalue weighted by atomic mass is 32.1. The molecule has 1 aliphatic carbocycles. The molecule has 1 N–H and O–H groups in total. The van der Waals surface area contributed by atoms with Crippen molar-refractivity contribution in [3.8, 4) is 0 Å². The van der Waals surface area contributed by atoms with E-state index in [1.165, 1.54) is 36.4 Å². The van der Waals surface area contributed by atoms with Gasteiger partial charge in [0.25, 0.3) is 0 Å². The van der Waals surface area contributed by atoms with Gasteiger partial charge in [0, 0.05) is 16.8 Å². The van der Waals surface area contributed by atoms with E-state index < -0.39 is 0 Å². The molecule has 0 radical (unpaired) electrons. The number of hydrogen-bond acceptors (Lipinski definition) is 3. The van der Waals surface area contributed by atoms with Gasteiger partial charge < -0.3 is 5.32 Å². The van der Waals surface area contributed by atoms with Gasteiger partial charge in [-0.2, -0.15) is 0 Å². The molecule has 0 bridgehead atoms. The lowest BCUT2D eigenvalue weighted by molar-refractivity contribution is 0.182. The number of aromatic nitrogens is 1. The van der Waals surface area contributed by atoms with Crippen LogP contribution in [0.2, 0.25) is 0 Å². The molecule has 0 unspecified atom stereocenters. The van der Waals surface area contributed by atoms with E-state index >= 15 is 0 Å². The van der Waals surface area contributed by atoms with Gasteiger partial charge in [-0.15, -0.1) is 11.3 Å². The molecule has 1 aliphatic rings. The van der Waals surface area contributed by atoms with Crippen LogP contribution < -0.4 is 5.32 Å². The van der Waals surface area contributed by atoms with Gasteiger partial charge in [-0.05, 0) is 45.4 Å². The topological polar surface area (TPSA) is 24.9 Å². The van der Waals surface area contributed by atoms with Crippen molar-refractivity contribution in [2.75, 3.05) is 0 Å². The van der Waals surface area contributed by atoms with E-state index in [4.69, 9.17) is 4.98 Å². The molecule has 20 heavy (non-hydrogen) atoms. The minimum absolute atomic E-state index is 0.120. The monoisotopic (exact) mass is 294 g/mol. The Morgan fingerprint density at radius 2 is 1.90 bits per heavy atom. The van der Waals surface area contributed by atoms with Crippen molar-refractivity contribution in [1.29, 1.82) is 0 Å². The summed E-state index contributed by atoms with van der Waals surface area (Å²) in [6.07, 6.45) is 5.07. The zero-order valence-corrected chi connectivity index (χ0v) is 14.7. The maximum Gasteiger partial charge on any atom is 0.113 e. The van der Waals surface area contributed by atoms with E-state index in [1.807, 2.05) is 11.3 Å². The van der Waals surface area contributed by atoms with Crippen molar-refractivity contribution in [1.82, 2.24) is 10.3 Å². The Bertz CT molecular complexity index is 434. The number of nitrogens with one attached hydrogen (secondary N) is 1. The average Bonchev–Trinajstić information content (AvgIpc) is 2.81. The van der Waals surface area contributed by atoms with Crippen LogP contribution in [0.4, 0.5) is 0 Å². The van der Waals surface area contributed by atoms with Crippen molar-refractivity contribution in [2.45, 2.75) is 84.2 Å². The fourth-order valence-corrected chi connectivity index (χ4v) is 4.33. The average molecular weight is 295 g/mol. The molecular weight excluding hydrogens is 264 g/mol. The summed E-state index contributed by atoms with van der Waals surface area (Å²) in [4.78, 5) is 5.01. The van der Waals surface area contributed by atoms with Gasteiger partial charge in [0.2, 0.25) is 0 Å². The zero-order valence-electron chi connectivity index (χ0n) is 13.9. The van der Waals surface area contributed by atoms with Crippen molar-refractivity contribution in [3.63, 3.8) is 0 Å². The van der Waals surface area contributed by atoms with Gasteiger partial charge in [0.1, 0.15) is 5.01 Å². The first-order valence-electron chi connectivity index (χ1n) is 7.97. The summed E-state index contributed by atoms with van der Waals surface area (Å²) in [5.74, 6) is 0.860. The molecule has 114 valence electrons. The minimum Gasteiger partial charge on any atom is -0.303 e. The Morgan fingerprint density at radius 3 is 2.35 bits per heavy atom. The second kappa shape index (κ2) is 5.76. The first kappa shape index (κ1) is 16.0. The van der Waals surface area contributed by atoms with E-state index in [-0.39, 0.29) is 11.0 Å². The Morgan fingerprint density at radius 1 is 1.30 bits per heavy atom. The predicted molar refractivity (Wildman–Crippen MR) is 88.4 cm³/mol. The highest BCUT2D eigenvalue weighted by Gasteiger charge is 2.39. The second-order valence-electron chi connectivity index (χ2n) is 7.85. The summed E-state index contributed by atoms with van der Waals surface area (Å²) in [5, 5.41) is 7.41. The molecule has 0 amide bonds. The van der Waals surface area contributed by atoms with Crippen LogP contribution in [0.3, 0.4) is 0 Å². The quantitative estimate of drug-likeness (QED) is 0.862. The van der Waals surface area contributed by atoms with Crippen LogP contribution in [0.25, 0.3) is 0 Å². The standard InChI is InChI=1S/C17H30N2S/c1-12(2)19-17(9-7-13(3)8-10-17)15-18-14(11-20-15)16(4,5)6/h11-13,19H,7-10H2,1-6H3. The normalized spacial score (nSPS) is 28.1. The molecule has 1 heterocycles. The van der Waals surface area contributed by atoms with Crippen LogP contribution in [-0.2, 0) is 11.0 Å². The van der Waals surface area contributed by atoms with Crippen molar-refractivity contribution >= 4 is 11.3 Å². The fraction of sp³-hybridized carbons (Fsp3) is 0.824. The molecule has 1 saturated carbocycles. The fourth-order valence-electron chi connectivity index (χ4n) is 3.07. The largest absolute Gasteiger partial charge is 0.303 e. The van der Waals surface area contributed by atoms with Gasteiger partial charge in [-0.25, -0.2) is 4.98 Å². The lowest BCUT2D eigenvalue weighted by Gasteiger charge is -2.40. The number of hydrogen-bond donors (Lipinski definition) is 1. The van der Waals surface area contributed by atoms with E-state index in [2.05, 4.69) is 52.2 Å². The molecule has 0 spiro atoms. The number of rotatable bonds is 3. The van der Waals surface area contributed by atoms with Gasteiger partial charge >= 0.3 is 0 Å². The number of thiazole rings is 1. The Hall–Kier alpha value is -0.410. The van der Waals surface area contributed by atoms with Crippen molar-refractivity contribution in [2.24, 2.45) is 5.92 Å². The Balaban J connectivity index is 2.29. The molecule has 2 rings (SSSR count). The second-order valence-corrected chi connectivity index (χ2v) is 8.71. The minimum atomic E-state index is 0.120. The molecule has 1 aromatic rings. The third kappa shape index (κ3) is 3.43. The van der Waals surface area contributed by atoms with Crippen LogP contribution in [0.15, 0.2) is 5.38 Å². The predicted octanol–water partition coefficient (Wildman–Crippen LogP) is 4.84. The smallest absolute Gasteiger partial charge is 0.113 e. The molecule has 0 aromatic carbocycles. The molecular formula is C17H30N2S. The molecule has 2 nitrogen and oxygen atoms in total. The highest BCUT2D eigenvalue weighted by molar-refractivity contribution is 7.09. The van der Waals surface area contributed by atoms with Crippen LogP contribution in [0.5, 0.6) is 0 Å². The lowest BCUT2D eigenvalue weighted by Crippen LogP contribution is -2.48. The lowest BCUT2D eigenvalue weighted by atomic mass is 9.77. The molecule has 0 atom stereocenters. The zero-order chi connectivity index (χ0) is 15.0. The van der Waals surface area contributed by atoms with E-state index in [0.717, 1.165) is 5.92 Å². The molecule has 0 saturated heterocycles. The molecule has 3 heteroatoms. The van der Waals surface area contributed by atoms with E-state index in [1.54, 1.807) is 0 Å². The van der Waals surface area contributed by atoms with Gasteiger partial charge in [0.05, 0.1) is 11.2 Å². The van der Waals surface area contributed by atoms with Crippen LogP contribution in [0, 0.1) is 5.92 Å². The Kier molecular flexibility index (Phi) is 4.60. The summed E-state index contributed by atoms with van der Waals surface area (Å²) in [6, 6.07) is 0.505. The summed E-state index contributed by atoms with van der Waals surface area (Å²) >= 11 is 1.85. The third-order valence-electron chi connectivity index (χ3n) is 4.37. The molecule has 0 aliphatic heterocycles. The van der Waals surface area contributed by atoms with Crippen molar-refractivity contribution < 1.29 is 0 Å². The maximum absolute atomic E-state index is 5.01. The van der Waals surface area contributed by atoms with Crippen LogP contribution >= 0.6 is 11.3 Å². The Labute approximate surface area is 128 Å².